The summed E-state index contributed by atoms with van der Waals surface area (Å²) in [7, 11) is 3.29. The molecule has 0 aromatic heterocycles. The fourth-order valence-electron chi connectivity index (χ4n) is 6.24. The Morgan fingerprint density at radius 1 is 0.605 bits per heavy atom. The summed E-state index contributed by atoms with van der Waals surface area (Å²) in [6.07, 6.45) is 8.99. The number of carbonyl (C=O) groups excluding carboxylic acids is 2. The summed E-state index contributed by atoms with van der Waals surface area (Å²) < 4.78 is 10.6. The molecule has 2 aliphatic heterocycles. The lowest BCUT2D eigenvalue weighted by Crippen LogP contribution is -3.13. The quantitative estimate of drug-likeness (QED) is 0.397. The van der Waals surface area contributed by atoms with Crippen LogP contribution in [0.4, 0.5) is 0 Å². The summed E-state index contributed by atoms with van der Waals surface area (Å²) in [5.74, 6) is 1.75. The number of hydrogen-bond donors (Lipinski definition) is 2. The van der Waals surface area contributed by atoms with Crippen molar-refractivity contribution in [2.45, 2.75) is 51.4 Å². The summed E-state index contributed by atoms with van der Waals surface area (Å²) >= 11 is 0. The molecule has 2 saturated heterocycles. The first-order valence-corrected chi connectivity index (χ1v) is 14.6. The first-order valence-electron chi connectivity index (χ1n) is 14.6. The first-order chi connectivity index (χ1) is 18.6. The molecule has 0 bridgehead atoms. The number of carbonyl (C=O) groups is 2. The van der Waals surface area contributed by atoms with Gasteiger partial charge in [0.15, 0.2) is 11.6 Å². The van der Waals surface area contributed by atoms with Gasteiger partial charge in [0.05, 0.1) is 65.3 Å². The van der Waals surface area contributed by atoms with E-state index in [0.717, 1.165) is 74.7 Å². The maximum Gasteiger partial charge on any atom is 0.171 e. The first kappa shape index (κ1) is 28.3. The molecule has 0 saturated carbocycles. The van der Waals surface area contributed by atoms with Crippen LogP contribution in [0.5, 0.6) is 11.5 Å². The summed E-state index contributed by atoms with van der Waals surface area (Å²) in [5.41, 5.74) is 1.48. The Kier molecular flexibility index (Phi) is 10.8. The molecule has 2 atom stereocenters. The van der Waals surface area contributed by atoms with Gasteiger partial charge in [-0.25, -0.2) is 0 Å². The van der Waals surface area contributed by atoms with Crippen LogP contribution in [0.3, 0.4) is 0 Å². The summed E-state index contributed by atoms with van der Waals surface area (Å²) in [4.78, 5) is 30.6. The smallest absolute Gasteiger partial charge is 0.171 e. The molecule has 0 radical (unpaired) electrons. The van der Waals surface area contributed by atoms with E-state index in [1.807, 2.05) is 48.5 Å². The number of methoxy groups -OCH3 is 2. The fourth-order valence-corrected chi connectivity index (χ4v) is 6.24. The van der Waals surface area contributed by atoms with Crippen molar-refractivity contribution < 1.29 is 28.9 Å². The molecule has 6 heteroatoms. The molecular formula is C32H46N2O4+2. The van der Waals surface area contributed by atoms with Crippen LogP contribution in [0.2, 0.25) is 0 Å². The van der Waals surface area contributed by atoms with Crippen LogP contribution < -0.4 is 19.3 Å². The third-order valence-electron chi connectivity index (χ3n) is 8.55. The van der Waals surface area contributed by atoms with Gasteiger partial charge in [0.25, 0.3) is 0 Å². The average Bonchev–Trinajstić information content (AvgIpc) is 2.99. The SMILES string of the molecule is COc1ccc(C(=O)C(CCC(C[NH+]2CCCCC2)C(=O)c2ccc(OC)cc2)C[NH+]2CCCCC2)cc1. The molecule has 38 heavy (non-hydrogen) atoms. The van der Waals surface area contributed by atoms with Crippen LogP contribution in [-0.2, 0) is 0 Å². The third kappa shape index (κ3) is 7.90. The van der Waals surface area contributed by atoms with E-state index in [2.05, 4.69) is 0 Å². The minimum absolute atomic E-state index is 0.0842. The van der Waals surface area contributed by atoms with Gasteiger partial charge in [-0.2, -0.15) is 0 Å². The summed E-state index contributed by atoms with van der Waals surface area (Å²) in [5, 5.41) is 0. The summed E-state index contributed by atoms with van der Waals surface area (Å²) in [6, 6.07) is 15.0. The van der Waals surface area contributed by atoms with E-state index < -0.39 is 0 Å². The van der Waals surface area contributed by atoms with Gasteiger partial charge in [-0.05, 0) is 99.9 Å². The van der Waals surface area contributed by atoms with Crippen LogP contribution in [0.1, 0.15) is 72.1 Å². The van der Waals surface area contributed by atoms with Crippen LogP contribution in [0.25, 0.3) is 0 Å². The molecule has 6 nitrogen and oxygen atoms in total. The molecule has 0 amide bonds. The Hall–Kier alpha value is -2.70. The van der Waals surface area contributed by atoms with E-state index in [4.69, 9.17) is 9.47 Å². The lowest BCUT2D eigenvalue weighted by molar-refractivity contribution is -0.908. The Labute approximate surface area is 228 Å². The highest BCUT2D eigenvalue weighted by molar-refractivity contribution is 5.99. The number of ketones is 2. The highest BCUT2D eigenvalue weighted by atomic mass is 16.5. The van der Waals surface area contributed by atoms with E-state index in [9.17, 15) is 9.59 Å². The van der Waals surface area contributed by atoms with Gasteiger partial charge < -0.3 is 19.3 Å². The summed E-state index contributed by atoms with van der Waals surface area (Å²) in [6.45, 7) is 6.25. The molecule has 0 aliphatic carbocycles. The Balaban J connectivity index is 1.51. The molecule has 2 unspecified atom stereocenters. The van der Waals surface area contributed by atoms with Crippen molar-refractivity contribution >= 4 is 11.6 Å². The molecular weight excluding hydrogens is 476 g/mol. The minimum Gasteiger partial charge on any atom is -0.497 e. The van der Waals surface area contributed by atoms with E-state index in [0.29, 0.717) is 0 Å². The van der Waals surface area contributed by atoms with Crippen molar-refractivity contribution in [3.05, 3.63) is 59.7 Å². The highest BCUT2D eigenvalue weighted by Gasteiger charge is 2.31. The Morgan fingerprint density at radius 3 is 1.26 bits per heavy atom. The van der Waals surface area contributed by atoms with Crippen LogP contribution in [-0.4, -0.2) is 65.1 Å². The third-order valence-corrected chi connectivity index (χ3v) is 8.55. The van der Waals surface area contributed by atoms with Crippen LogP contribution in [0, 0.1) is 11.8 Å². The number of Topliss-reactive ketones (excluding diaryl/α,β-unsaturated/α-hetero) is 2. The lowest BCUT2D eigenvalue weighted by Gasteiger charge is -2.29. The number of likely N-dealkylation sites (tertiary alicyclic amines) is 2. The molecule has 206 valence electrons. The largest absolute Gasteiger partial charge is 0.497 e. The molecule has 2 aromatic rings. The van der Waals surface area contributed by atoms with Gasteiger partial charge in [-0.15, -0.1) is 0 Å². The van der Waals surface area contributed by atoms with Crippen LogP contribution >= 0.6 is 0 Å². The monoisotopic (exact) mass is 522 g/mol. The number of quaternary nitrogens is 2. The number of ether oxygens (including phenoxy) is 2. The van der Waals surface area contributed by atoms with Gasteiger partial charge in [0.2, 0.25) is 0 Å². The van der Waals surface area contributed by atoms with Crippen molar-refractivity contribution in [2.75, 3.05) is 53.5 Å². The molecule has 0 spiro atoms. The normalized spacial score (nSPS) is 18.5. The van der Waals surface area contributed by atoms with E-state index in [1.165, 1.54) is 48.3 Å². The van der Waals surface area contributed by atoms with Gasteiger partial charge in [-0.3, -0.25) is 9.59 Å². The van der Waals surface area contributed by atoms with E-state index in [-0.39, 0.29) is 23.4 Å². The molecule has 2 N–H and O–H groups in total. The second-order valence-corrected chi connectivity index (χ2v) is 11.2. The van der Waals surface area contributed by atoms with Crippen molar-refractivity contribution in [3.8, 4) is 11.5 Å². The topological polar surface area (TPSA) is 61.5 Å². The lowest BCUT2D eigenvalue weighted by atomic mass is 9.85. The number of hydrogen-bond acceptors (Lipinski definition) is 4. The molecule has 2 fully saturated rings. The average molecular weight is 523 g/mol. The molecule has 2 aliphatic rings. The minimum atomic E-state index is -0.0842. The molecule has 2 aromatic carbocycles. The maximum absolute atomic E-state index is 13.8. The Morgan fingerprint density at radius 2 is 0.947 bits per heavy atom. The van der Waals surface area contributed by atoms with Crippen molar-refractivity contribution in [3.63, 3.8) is 0 Å². The highest BCUT2D eigenvalue weighted by Crippen LogP contribution is 2.22. The predicted octanol–water partition coefficient (Wildman–Crippen LogP) is 2.92. The van der Waals surface area contributed by atoms with Gasteiger partial charge in [-0.1, -0.05) is 0 Å². The maximum atomic E-state index is 13.8. The zero-order valence-corrected chi connectivity index (χ0v) is 23.3. The van der Waals surface area contributed by atoms with Gasteiger partial charge in [0, 0.05) is 11.1 Å². The van der Waals surface area contributed by atoms with Crippen LogP contribution in [0.15, 0.2) is 48.5 Å². The standard InChI is InChI=1S/C32H44N2O4/c1-37-29-15-11-25(12-16-29)31(35)27(23-33-19-5-3-6-20-33)9-10-28(24-34-21-7-4-8-22-34)32(36)26-13-17-30(38-2)18-14-26/h11-18,27-28H,3-10,19-24H2,1-2H3/p+2. The zero-order valence-electron chi connectivity index (χ0n) is 23.3. The fraction of sp³-hybridized carbons (Fsp3) is 0.562. The predicted molar refractivity (Wildman–Crippen MR) is 150 cm³/mol. The second-order valence-electron chi connectivity index (χ2n) is 11.2. The van der Waals surface area contributed by atoms with Gasteiger partial charge >= 0.3 is 0 Å². The number of piperidine rings is 2. The number of benzene rings is 2. The Bertz CT molecular complexity index is 925. The van der Waals surface area contributed by atoms with E-state index >= 15 is 0 Å². The van der Waals surface area contributed by atoms with Crippen molar-refractivity contribution in [2.24, 2.45) is 11.8 Å². The molecule has 2 heterocycles. The van der Waals surface area contributed by atoms with Crippen molar-refractivity contribution in [1.82, 2.24) is 0 Å². The van der Waals surface area contributed by atoms with Gasteiger partial charge in [0.1, 0.15) is 11.5 Å². The van der Waals surface area contributed by atoms with E-state index in [1.54, 1.807) is 14.2 Å². The second kappa shape index (κ2) is 14.5. The zero-order chi connectivity index (χ0) is 26.7. The number of nitrogens with one attached hydrogen (secondary N) is 2. The molecule has 4 rings (SSSR count). The number of rotatable bonds is 13. The van der Waals surface area contributed by atoms with Crippen molar-refractivity contribution in [1.29, 1.82) is 0 Å².